The molecule has 1 aromatic heterocycles. The molecule has 0 saturated heterocycles. The third-order valence-corrected chi connectivity index (χ3v) is 6.35. The SMILES string of the molecule is CS(=O)(=O)N(c1ncc(-c2ccc(Cl)cc2Cl)cn1)S(C)(=O)=O. The van der Waals surface area contributed by atoms with Crippen molar-refractivity contribution in [1.82, 2.24) is 9.97 Å². The number of aromatic nitrogens is 2. The minimum atomic E-state index is -4.09. The fourth-order valence-electron chi connectivity index (χ4n) is 1.82. The van der Waals surface area contributed by atoms with Gasteiger partial charge in [0.1, 0.15) is 0 Å². The highest BCUT2D eigenvalue weighted by Gasteiger charge is 2.29. The molecule has 7 nitrogen and oxygen atoms in total. The molecule has 1 heterocycles. The quantitative estimate of drug-likeness (QED) is 0.786. The van der Waals surface area contributed by atoms with E-state index in [4.69, 9.17) is 23.2 Å². The molecule has 0 atom stereocenters. The maximum absolute atomic E-state index is 11.7. The number of halogens is 2. The number of hydrogen-bond acceptors (Lipinski definition) is 6. The van der Waals surface area contributed by atoms with Crippen molar-refractivity contribution in [3.05, 3.63) is 40.6 Å². The normalized spacial score (nSPS) is 12.2. The zero-order chi connectivity index (χ0) is 17.4. The van der Waals surface area contributed by atoms with Crippen molar-refractivity contribution in [2.45, 2.75) is 0 Å². The molecule has 0 aliphatic heterocycles. The number of sulfonamides is 2. The second kappa shape index (κ2) is 6.23. The average molecular weight is 396 g/mol. The lowest BCUT2D eigenvalue weighted by atomic mass is 10.1. The summed E-state index contributed by atoms with van der Waals surface area (Å²) in [7, 11) is -8.18. The Kier molecular flexibility index (Phi) is 4.86. The molecule has 0 bridgehead atoms. The predicted molar refractivity (Wildman–Crippen MR) is 89.7 cm³/mol. The van der Waals surface area contributed by atoms with E-state index < -0.39 is 26.0 Å². The van der Waals surface area contributed by atoms with Crippen LogP contribution >= 0.6 is 23.2 Å². The first-order valence-electron chi connectivity index (χ1n) is 5.98. The molecule has 0 saturated carbocycles. The molecule has 124 valence electrons. The van der Waals surface area contributed by atoms with E-state index in [2.05, 4.69) is 9.97 Å². The third kappa shape index (κ3) is 4.11. The third-order valence-electron chi connectivity index (χ3n) is 2.65. The zero-order valence-corrected chi connectivity index (χ0v) is 15.1. The summed E-state index contributed by atoms with van der Waals surface area (Å²) in [5, 5.41) is 0.813. The average Bonchev–Trinajstić information content (AvgIpc) is 2.36. The minimum absolute atomic E-state index is 0.160. The van der Waals surface area contributed by atoms with E-state index in [1.54, 1.807) is 12.1 Å². The first-order chi connectivity index (χ1) is 10.5. The second-order valence-corrected chi connectivity index (χ2v) is 9.36. The van der Waals surface area contributed by atoms with Gasteiger partial charge in [0, 0.05) is 33.6 Å². The molecule has 11 heteroatoms. The van der Waals surface area contributed by atoms with E-state index in [0.717, 1.165) is 12.5 Å². The lowest BCUT2D eigenvalue weighted by Crippen LogP contribution is -2.36. The Morgan fingerprint density at radius 2 is 1.48 bits per heavy atom. The molecule has 0 aliphatic carbocycles. The van der Waals surface area contributed by atoms with E-state index in [1.807, 2.05) is 0 Å². The van der Waals surface area contributed by atoms with Crippen LogP contribution in [0.1, 0.15) is 0 Å². The number of anilines is 1. The van der Waals surface area contributed by atoms with Crippen molar-refractivity contribution in [3.8, 4) is 11.1 Å². The Morgan fingerprint density at radius 1 is 0.957 bits per heavy atom. The maximum atomic E-state index is 11.7. The highest BCUT2D eigenvalue weighted by molar-refractivity contribution is 8.09. The number of benzene rings is 1. The minimum Gasteiger partial charge on any atom is -0.219 e. The van der Waals surface area contributed by atoms with Gasteiger partial charge < -0.3 is 0 Å². The molecule has 0 unspecified atom stereocenters. The molecular weight excluding hydrogens is 385 g/mol. The largest absolute Gasteiger partial charge is 0.253 e. The maximum Gasteiger partial charge on any atom is 0.253 e. The van der Waals surface area contributed by atoms with Crippen molar-refractivity contribution in [3.63, 3.8) is 0 Å². The summed E-state index contributed by atoms with van der Waals surface area (Å²) in [4.78, 5) is 7.63. The number of nitrogens with zero attached hydrogens (tertiary/aromatic N) is 3. The summed E-state index contributed by atoms with van der Waals surface area (Å²) in [5.74, 6) is -0.469. The lowest BCUT2D eigenvalue weighted by molar-refractivity contribution is 0.589. The Bertz CT molecular complexity index is 913. The summed E-state index contributed by atoms with van der Waals surface area (Å²) in [5.41, 5.74) is 1.06. The molecule has 1 aromatic carbocycles. The number of rotatable bonds is 4. The summed E-state index contributed by atoms with van der Waals surface area (Å²) in [6.45, 7) is 0. The van der Waals surface area contributed by atoms with Crippen molar-refractivity contribution >= 4 is 49.2 Å². The van der Waals surface area contributed by atoms with Crippen LogP contribution in [0, 0.1) is 0 Å². The first-order valence-corrected chi connectivity index (χ1v) is 10.4. The van der Waals surface area contributed by atoms with E-state index in [0.29, 0.717) is 21.2 Å². The van der Waals surface area contributed by atoms with Gasteiger partial charge in [0.25, 0.3) is 5.95 Å². The van der Waals surface area contributed by atoms with Gasteiger partial charge in [-0.25, -0.2) is 26.8 Å². The smallest absolute Gasteiger partial charge is 0.219 e. The van der Waals surface area contributed by atoms with Crippen LogP contribution in [0.5, 0.6) is 0 Å². The fraction of sp³-hybridized carbons (Fsp3) is 0.167. The van der Waals surface area contributed by atoms with E-state index in [1.165, 1.54) is 18.5 Å². The van der Waals surface area contributed by atoms with Crippen LogP contribution in [0.4, 0.5) is 5.95 Å². The highest BCUT2D eigenvalue weighted by atomic mass is 35.5. The standard InChI is InChI=1S/C12H11Cl2N3O4S2/c1-22(18,19)17(23(2,20)21)12-15-6-8(7-16-12)10-4-3-9(13)5-11(10)14/h3-7H,1-2H3. The fourth-order valence-corrected chi connectivity index (χ4v) is 5.09. The molecule has 0 aliphatic rings. The second-order valence-electron chi connectivity index (χ2n) is 4.62. The number of hydrogen-bond donors (Lipinski definition) is 0. The van der Waals surface area contributed by atoms with Crippen molar-refractivity contribution in [2.24, 2.45) is 0 Å². The summed E-state index contributed by atoms with van der Waals surface area (Å²) in [6, 6.07) is 4.80. The van der Waals surface area contributed by atoms with Crippen LogP contribution in [0.15, 0.2) is 30.6 Å². The topological polar surface area (TPSA) is 97.3 Å². The monoisotopic (exact) mass is 395 g/mol. The molecule has 0 radical (unpaired) electrons. The zero-order valence-electron chi connectivity index (χ0n) is 11.9. The molecule has 2 aromatic rings. The molecule has 0 fully saturated rings. The van der Waals surface area contributed by atoms with E-state index >= 15 is 0 Å². The van der Waals surface area contributed by atoms with Crippen LogP contribution in [0.25, 0.3) is 11.1 Å². The van der Waals surface area contributed by atoms with Crippen molar-refractivity contribution in [1.29, 1.82) is 0 Å². The van der Waals surface area contributed by atoms with Gasteiger partial charge in [-0.1, -0.05) is 29.3 Å². The molecule has 0 spiro atoms. The molecule has 23 heavy (non-hydrogen) atoms. The highest BCUT2D eigenvalue weighted by Crippen LogP contribution is 2.30. The van der Waals surface area contributed by atoms with E-state index in [-0.39, 0.29) is 3.71 Å². The van der Waals surface area contributed by atoms with E-state index in [9.17, 15) is 16.8 Å². The molecular formula is C12H11Cl2N3O4S2. The molecule has 2 rings (SSSR count). The van der Waals surface area contributed by atoms with Crippen LogP contribution < -0.4 is 3.71 Å². The molecule has 0 N–H and O–H groups in total. The summed E-state index contributed by atoms with van der Waals surface area (Å²) >= 11 is 11.9. The Morgan fingerprint density at radius 3 is 1.91 bits per heavy atom. The van der Waals surface area contributed by atoms with Gasteiger partial charge in [0.05, 0.1) is 12.5 Å². The van der Waals surface area contributed by atoms with Gasteiger partial charge in [-0.05, 0) is 12.1 Å². The Labute approximate surface area is 144 Å². The van der Waals surface area contributed by atoms with Crippen LogP contribution in [-0.2, 0) is 20.0 Å². The Balaban J connectivity index is 2.50. The van der Waals surface area contributed by atoms with Gasteiger partial charge in [0.15, 0.2) is 0 Å². The van der Waals surface area contributed by atoms with Crippen molar-refractivity contribution in [2.75, 3.05) is 16.2 Å². The van der Waals surface area contributed by atoms with Crippen LogP contribution in [0.3, 0.4) is 0 Å². The van der Waals surface area contributed by atoms with Gasteiger partial charge in [0.2, 0.25) is 20.0 Å². The van der Waals surface area contributed by atoms with Gasteiger partial charge in [-0.2, -0.15) is 0 Å². The van der Waals surface area contributed by atoms with Gasteiger partial charge in [-0.15, -0.1) is 3.71 Å². The van der Waals surface area contributed by atoms with Crippen LogP contribution in [-0.4, -0.2) is 39.3 Å². The summed E-state index contributed by atoms with van der Waals surface area (Å²) < 4.78 is 46.8. The van der Waals surface area contributed by atoms with Gasteiger partial charge in [-0.3, -0.25) is 0 Å². The van der Waals surface area contributed by atoms with Gasteiger partial charge >= 0.3 is 0 Å². The lowest BCUT2D eigenvalue weighted by Gasteiger charge is -2.17. The first kappa shape index (κ1) is 17.9. The Hall–Kier alpha value is -1.42. The molecule has 0 amide bonds. The summed E-state index contributed by atoms with van der Waals surface area (Å²) in [6.07, 6.45) is 4.06. The van der Waals surface area contributed by atoms with Crippen LogP contribution in [0.2, 0.25) is 10.0 Å². The van der Waals surface area contributed by atoms with Crippen molar-refractivity contribution < 1.29 is 16.8 Å². The predicted octanol–water partition coefficient (Wildman–Crippen LogP) is 2.18.